The van der Waals surface area contributed by atoms with Gasteiger partial charge in [-0.2, -0.15) is 0 Å². The second kappa shape index (κ2) is 5.29. The summed E-state index contributed by atoms with van der Waals surface area (Å²) in [6, 6.07) is 1.22. The van der Waals surface area contributed by atoms with E-state index in [2.05, 4.69) is 15.6 Å². The van der Waals surface area contributed by atoms with Crippen molar-refractivity contribution in [3.05, 3.63) is 23.5 Å². The van der Waals surface area contributed by atoms with E-state index in [0.717, 1.165) is 5.69 Å². The van der Waals surface area contributed by atoms with Crippen molar-refractivity contribution in [2.45, 2.75) is 0 Å². The first-order valence-electron chi connectivity index (χ1n) is 4.07. The van der Waals surface area contributed by atoms with Crippen molar-refractivity contribution in [2.75, 3.05) is 18.4 Å². The number of hydrogen-bond acceptors (Lipinski definition) is 3. The van der Waals surface area contributed by atoms with Crippen LogP contribution in [0.25, 0.3) is 0 Å². The van der Waals surface area contributed by atoms with Gasteiger partial charge in [-0.25, -0.2) is 4.79 Å². The van der Waals surface area contributed by atoms with Crippen LogP contribution in [0.2, 0.25) is 5.02 Å². The lowest BCUT2D eigenvalue weighted by atomic mass is 10.4. The first kappa shape index (κ1) is 10.6. The number of rotatable bonds is 4. The van der Waals surface area contributed by atoms with Crippen LogP contribution in [0.5, 0.6) is 0 Å². The number of aromatic nitrogens is 1. The van der Waals surface area contributed by atoms with E-state index in [-0.39, 0.29) is 0 Å². The van der Waals surface area contributed by atoms with Crippen molar-refractivity contribution >= 4 is 23.3 Å². The molecule has 6 heteroatoms. The molecule has 0 radical (unpaired) electrons. The SMILES string of the molecule is NC(=O)NCCNc1ccncc1Cl. The summed E-state index contributed by atoms with van der Waals surface area (Å²) >= 11 is 5.83. The Balaban J connectivity index is 2.31. The highest BCUT2D eigenvalue weighted by Gasteiger charge is 1.97. The number of pyridine rings is 1. The third kappa shape index (κ3) is 3.49. The summed E-state index contributed by atoms with van der Waals surface area (Å²) < 4.78 is 0. The van der Waals surface area contributed by atoms with Crippen molar-refractivity contribution in [1.82, 2.24) is 10.3 Å². The Morgan fingerprint density at radius 1 is 1.57 bits per heavy atom. The van der Waals surface area contributed by atoms with Gasteiger partial charge in [-0.3, -0.25) is 4.98 Å². The Morgan fingerprint density at radius 3 is 3.00 bits per heavy atom. The molecule has 14 heavy (non-hydrogen) atoms. The molecule has 0 aliphatic heterocycles. The van der Waals surface area contributed by atoms with Gasteiger partial charge in [0, 0.05) is 25.5 Å². The zero-order chi connectivity index (χ0) is 10.4. The molecule has 2 amide bonds. The van der Waals surface area contributed by atoms with Gasteiger partial charge in [-0.05, 0) is 6.07 Å². The number of amides is 2. The number of primary amides is 1. The average Bonchev–Trinajstić information content (AvgIpc) is 2.15. The van der Waals surface area contributed by atoms with Crippen LogP contribution in [0.4, 0.5) is 10.5 Å². The molecule has 0 atom stereocenters. The molecule has 0 unspecified atom stereocenters. The van der Waals surface area contributed by atoms with Crippen LogP contribution in [-0.2, 0) is 0 Å². The minimum Gasteiger partial charge on any atom is -0.382 e. The minimum atomic E-state index is -0.535. The molecule has 0 aliphatic carbocycles. The van der Waals surface area contributed by atoms with E-state index >= 15 is 0 Å². The molecular weight excluding hydrogens is 204 g/mol. The molecule has 0 aromatic carbocycles. The van der Waals surface area contributed by atoms with Crippen LogP contribution in [0.15, 0.2) is 18.5 Å². The number of hydrogen-bond donors (Lipinski definition) is 3. The fraction of sp³-hybridized carbons (Fsp3) is 0.250. The molecule has 1 heterocycles. The molecule has 0 fully saturated rings. The van der Waals surface area contributed by atoms with Crippen LogP contribution in [0, 0.1) is 0 Å². The second-order valence-corrected chi connectivity index (χ2v) is 2.98. The minimum absolute atomic E-state index is 0.452. The number of nitrogens with two attached hydrogens (primary N) is 1. The molecule has 1 rings (SSSR count). The van der Waals surface area contributed by atoms with E-state index in [9.17, 15) is 4.79 Å². The number of nitrogens with zero attached hydrogens (tertiary/aromatic N) is 1. The summed E-state index contributed by atoms with van der Waals surface area (Å²) in [5, 5.41) is 6.03. The van der Waals surface area contributed by atoms with E-state index in [4.69, 9.17) is 17.3 Å². The van der Waals surface area contributed by atoms with E-state index in [1.165, 1.54) is 0 Å². The van der Waals surface area contributed by atoms with Crippen LogP contribution in [-0.4, -0.2) is 24.1 Å². The molecule has 0 spiro atoms. The van der Waals surface area contributed by atoms with E-state index < -0.39 is 6.03 Å². The number of nitrogens with one attached hydrogen (secondary N) is 2. The first-order chi connectivity index (χ1) is 6.70. The summed E-state index contributed by atoms with van der Waals surface area (Å²) in [7, 11) is 0. The quantitative estimate of drug-likeness (QED) is 0.649. The maximum atomic E-state index is 10.3. The maximum Gasteiger partial charge on any atom is 0.312 e. The Bertz CT molecular complexity index is 318. The van der Waals surface area contributed by atoms with Gasteiger partial charge in [-0.15, -0.1) is 0 Å². The van der Waals surface area contributed by atoms with Crippen molar-refractivity contribution in [2.24, 2.45) is 5.73 Å². The molecule has 76 valence electrons. The van der Waals surface area contributed by atoms with E-state index in [1.54, 1.807) is 18.5 Å². The smallest absolute Gasteiger partial charge is 0.312 e. The Kier molecular flexibility index (Phi) is 4.00. The van der Waals surface area contributed by atoms with Crippen molar-refractivity contribution in [3.8, 4) is 0 Å². The highest BCUT2D eigenvalue weighted by molar-refractivity contribution is 6.33. The molecule has 5 nitrogen and oxygen atoms in total. The largest absolute Gasteiger partial charge is 0.382 e. The van der Waals surface area contributed by atoms with Gasteiger partial charge in [0.2, 0.25) is 0 Å². The molecule has 4 N–H and O–H groups in total. The van der Waals surface area contributed by atoms with Crippen LogP contribution < -0.4 is 16.4 Å². The van der Waals surface area contributed by atoms with Gasteiger partial charge >= 0.3 is 6.03 Å². The molecule has 0 saturated carbocycles. The summed E-state index contributed by atoms with van der Waals surface area (Å²) in [5.41, 5.74) is 5.67. The lowest BCUT2D eigenvalue weighted by Gasteiger charge is -2.07. The Hall–Kier alpha value is -1.49. The highest BCUT2D eigenvalue weighted by Crippen LogP contribution is 2.18. The standard InChI is InChI=1S/C8H11ClN4O/c9-6-5-11-2-1-7(6)12-3-4-13-8(10)14/h1-2,5H,3-4H2,(H,11,12)(H3,10,13,14). The zero-order valence-electron chi connectivity index (χ0n) is 7.46. The van der Waals surface area contributed by atoms with Gasteiger partial charge in [0.05, 0.1) is 10.7 Å². The number of carbonyl (C=O) groups is 1. The van der Waals surface area contributed by atoms with Crippen LogP contribution in [0.1, 0.15) is 0 Å². The summed E-state index contributed by atoms with van der Waals surface area (Å²) in [4.78, 5) is 14.2. The number of anilines is 1. The molecule has 0 bridgehead atoms. The highest BCUT2D eigenvalue weighted by atomic mass is 35.5. The number of halogens is 1. The second-order valence-electron chi connectivity index (χ2n) is 2.57. The zero-order valence-corrected chi connectivity index (χ0v) is 8.21. The van der Waals surface area contributed by atoms with Gasteiger partial charge in [0.15, 0.2) is 0 Å². The molecule has 0 saturated heterocycles. The van der Waals surface area contributed by atoms with Gasteiger partial charge in [-0.1, -0.05) is 11.6 Å². The summed E-state index contributed by atoms with van der Waals surface area (Å²) in [6.07, 6.45) is 3.18. The monoisotopic (exact) mass is 214 g/mol. The van der Waals surface area contributed by atoms with E-state index in [1.807, 2.05) is 0 Å². The average molecular weight is 215 g/mol. The third-order valence-electron chi connectivity index (χ3n) is 1.51. The molecule has 1 aromatic rings. The number of carbonyl (C=O) groups excluding carboxylic acids is 1. The Labute approximate surface area is 86.7 Å². The van der Waals surface area contributed by atoms with Gasteiger partial charge < -0.3 is 16.4 Å². The third-order valence-corrected chi connectivity index (χ3v) is 1.81. The van der Waals surface area contributed by atoms with Crippen molar-refractivity contribution in [3.63, 3.8) is 0 Å². The summed E-state index contributed by atoms with van der Waals surface area (Å²) in [6.45, 7) is 1.01. The molecule has 1 aromatic heterocycles. The van der Waals surface area contributed by atoms with Gasteiger partial charge in [0.25, 0.3) is 0 Å². The first-order valence-corrected chi connectivity index (χ1v) is 4.44. The van der Waals surface area contributed by atoms with E-state index in [0.29, 0.717) is 18.1 Å². The fourth-order valence-electron chi connectivity index (χ4n) is 0.901. The molecular formula is C8H11ClN4O. The number of urea groups is 1. The Morgan fingerprint density at radius 2 is 2.36 bits per heavy atom. The fourth-order valence-corrected chi connectivity index (χ4v) is 1.09. The predicted molar refractivity (Wildman–Crippen MR) is 55.3 cm³/mol. The van der Waals surface area contributed by atoms with Crippen LogP contribution >= 0.6 is 11.6 Å². The van der Waals surface area contributed by atoms with Crippen LogP contribution in [0.3, 0.4) is 0 Å². The normalized spacial score (nSPS) is 9.50. The molecule has 0 aliphatic rings. The van der Waals surface area contributed by atoms with Crippen molar-refractivity contribution in [1.29, 1.82) is 0 Å². The van der Waals surface area contributed by atoms with Gasteiger partial charge in [0.1, 0.15) is 0 Å². The maximum absolute atomic E-state index is 10.3. The summed E-state index contributed by atoms with van der Waals surface area (Å²) in [5.74, 6) is 0. The predicted octanol–water partition coefficient (Wildman–Crippen LogP) is 0.815. The van der Waals surface area contributed by atoms with Crippen molar-refractivity contribution < 1.29 is 4.79 Å². The topological polar surface area (TPSA) is 80.0 Å². The lowest BCUT2D eigenvalue weighted by Crippen LogP contribution is -2.33. The lowest BCUT2D eigenvalue weighted by molar-refractivity contribution is 0.249.